The summed E-state index contributed by atoms with van der Waals surface area (Å²) in [5.41, 5.74) is 0.837. The van der Waals surface area contributed by atoms with Crippen molar-refractivity contribution in [3.05, 3.63) is 66.5 Å². The lowest BCUT2D eigenvalue weighted by molar-refractivity contribution is -0.697. The number of hydrogen-bond acceptors (Lipinski definition) is 2. The Morgan fingerprint density at radius 2 is 1.35 bits per heavy atom. The van der Waals surface area contributed by atoms with Crippen molar-refractivity contribution in [1.82, 2.24) is 5.32 Å². The molecule has 0 bridgehead atoms. The number of pyridine rings is 1. The zero-order valence-corrected chi connectivity index (χ0v) is 20.5. The maximum atomic E-state index is 12.1. The zero-order chi connectivity index (χ0) is 21.4. The molecule has 1 amide bonds. The minimum Gasteiger partial charge on any atom is -1.00 e. The zero-order valence-electron chi connectivity index (χ0n) is 18.9. The molecule has 0 aliphatic rings. The smallest absolute Gasteiger partial charge is 0.220 e. The van der Waals surface area contributed by atoms with Gasteiger partial charge >= 0.3 is 0 Å². The van der Waals surface area contributed by atoms with Crippen molar-refractivity contribution < 1.29 is 31.4 Å². The molecule has 0 saturated heterocycles. The van der Waals surface area contributed by atoms with Crippen molar-refractivity contribution in [3.63, 3.8) is 0 Å². The second kappa shape index (κ2) is 16.9. The van der Waals surface area contributed by atoms with Crippen molar-refractivity contribution >= 4 is 5.91 Å². The van der Waals surface area contributed by atoms with Gasteiger partial charge in [0.1, 0.15) is 6.54 Å². The predicted molar refractivity (Wildman–Crippen MR) is 122 cm³/mol. The molecule has 4 nitrogen and oxygen atoms in total. The summed E-state index contributed by atoms with van der Waals surface area (Å²) in [6.07, 6.45) is 15.1. The van der Waals surface area contributed by atoms with Gasteiger partial charge in [0.25, 0.3) is 0 Å². The van der Waals surface area contributed by atoms with Crippen LogP contribution in [-0.4, -0.2) is 17.1 Å². The van der Waals surface area contributed by atoms with Crippen LogP contribution in [0, 0.1) is 0 Å². The lowest BCUT2D eigenvalue weighted by Crippen LogP contribution is -3.00. The topological polar surface area (TPSA) is 53.2 Å². The lowest BCUT2D eigenvalue weighted by atomic mass is 10.0. The number of aryl methyl sites for hydroxylation is 1. The largest absolute Gasteiger partial charge is 1.00 e. The first-order valence-electron chi connectivity index (χ1n) is 11.6. The van der Waals surface area contributed by atoms with E-state index in [0.717, 1.165) is 24.9 Å². The summed E-state index contributed by atoms with van der Waals surface area (Å²) in [5, 5.41) is 13.3. The lowest BCUT2D eigenvalue weighted by Gasteiger charge is -2.20. The third-order valence-electron chi connectivity index (χ3n) is 5.60. The second-order valence-corrected chi connectivity index (χ2v) is 8.26. The van der Waals surface area contributed by atoms with E-state index in [-0.39, 0.29) is 28.9 Å². The van der Waals surface area contributed by atoms with E-state index in [4.69, 9.17) is 0 Å². The summed E-state index contributed by atoms with van der Waals surface area (Å²) in [4.78, 5) is 12.1. The number of aromatic nitrogens is 1. The van der Waals surface area contributed by atoms with Gasteiger partial charge in [-0.1, -0.05) is 74.9 Å². The van der Waals surface area contributed by atoms with Gasteiger partial charge in [0.05, 0.1) is 12.1 Å². The van der Waals surface area contributed by atoms with Crippen molar-refractivity contribution in [1.29, 1.82) is 0 Å². The van der Waals surface area contributed by atoms with Crippen LogP contribution in [-0.2, 0) is 11.3 Å². The molecular weight excluding hydrogens is 452 g/mol. The fourth-order valence-electron chi connectivity index (χ4n) is 3.74. The van der Waals surface area contributed by atoms with Gasteiger partial charge in [-0.2, -0.15) is 0 Å². The highest BCUT2D eigenvalue weighted by Gasteiger charge is 2.17. The molecule has 1 heterocycles. The van der Waals surface area contributed by atoms with E-state index in [2.05, 4.69) is 40.5 Å². The normalized spacial score (nSPS) is 12.6. The van der Waals surface area contributed by atoms with Crippen LogP contribution in [0.5, 0.6) is 0 Å². The Morgan fingerprint density at radius 1 is 0.839 bits per heavy atom. The van der Waals surface area contributed by atoms with Crippen LogP contribution in [0.4, 0.5) is 0 Å². The van der Waals surface area contributed by atoms with E-state index in [9.17, 15) is 9.90 Å². The molecule has 5 heteroatoms. The maximum absolute atomic E-state index is 12.1. The highest BCUT2D eigenvalue weighted by atomic mass is 79.9. The van der Waals surface area contributed by atoms with Gasteiger partial charge in [0.15, 0.2) is 12.4 Å². The van der Waals surface area contributed by atoms with Crippen LogP contribution >= 0.6 is 0 Å². The number of nitrogens with zero attached hydrogens (tertiary/aromatic N) is 1. The summed E-state index contributed by atoms with van der Waals surface area (Å²) in [6.45, 7) is 2.97. The average Bonchev–Trinajstić information content (AvgIpc) is 2.78. The summed E-state index contributed by atoms with van der Waals surface area (Å²) >= 11 is 0. The Hall–Kier alpha value is -1.72. The highest BCUT2D eigenvalue weighted by molar-refractivity contribution is 5.76. The first-order chi connectivity index (χ1) is 14.7. The molecule has 2 aromatic rings. The SMILES string of the molecule is C[C@H](NC(=O)CCCCCCCCCCC[n+]1ccccc1)[C@H](O)c1ccccc1.[Br-]. The first-order valence-corrected chi connectivity index (χ1v) is 11.6. The number of carbonyl (C=O) groups excluding carboxylic acids is 1. The number of aliphatic hydroxyl groups excluding tert-OH is 1. The number of unbranched alkanes of at least 4 members (excludes halogenated alkanes) is 8. The van der Waals surface area contributed by atoms with E-state index in [0.29, 0.717) is 6.42 Å². The third-order valence-corrected chi connectivity index (χ3v) is 5.60. The molecule has 2 atom stereocenters. The fourth-order valence-corrected chi connectivity index (χ4v) is 3.74. The van der Waals surface area contributed by atoms with Crippen LogP contribution in [0.15, 0.2) is 60.9 Å². The van der Waals surface area contributed by atoms with Crippen LogP contribution in [0.2, 0.25) is 0 Å². The molecule has 172 valence electrons. The maximum Gasteiger partial charge on any atom is 0.220 e. The molecule has 0 radical (unpaired) electrons. The molecular formula is C26H39BrN2O2. The van der Waals surface area contributed by atoms with Crippen molar-refractivity contribution in [2.24, 2.45) is 0 Å². The number of amides is 1. The predicted octanol–water partition coefficient (Wildman–Crippen LogP) is 2.12. The van der Waals surface area contributed by atoms with E-state index < -0.39 is 6.10 Å². The number of aliphatic hydroxyl groups is 1. The van der Waals surface area contributed by atoms with Crippen molar-refractivity contribution in [2.45, 2.75) is 89.8 Å². The Kier molecular flexibility index (Phi) is 14.9. The number of hydrogen-bond donors (Lipinski definition) is 2. The van der Waals surface area contributed by atoms with Gasteiger partial charge in [-0.3, -0.25) is 4.79 Å². The summed E-state index contributed by atoms with van der Waals surface area (Å²) in [7, 11) is 0. The Balaban J connectivity index is 0.00000480. The number of benzene rings is 1. The quantitative estimate of drug-likeness (QED) is 0.296. The summed E-state index contributed by atoms with van der Waals surface area (Å²) in [5.74, 6) is 0.0359. The minimum absolute atomic E-state index is 0. The van der Waals surface area contributed by atoms with Crippen LogP contribution < -0.4 is 26.9 Å². The highest BCUT2D eigenvalue weighted by Crippen LogP contribution is 2.16. The molecule has 2 rings (SSSR count). The second-order valence-electron chi connectivity index (χ2n) is 8.26. The van der Waals surface area contributed by atoms with Crippen molar-refractivity contribution in [2.75, 3.05) is 0 Å². The first kappa shape index (κ1) is 27.3. The summed E-state index contributed by atoms with van der Waals surface area (Å²) < 4.78 is 2.25. The fraction of sp³-hybridized carbons (Fsp3) is 0.538. The van der Waals surface area contributed by atoms with Gasteiger partial charge in [-0.05, 0) is 25.3 Å². The van der Waals surface area contributed by atoms with Gasteiger partial charge < -0.3 is 27.4 Å². The number of carbonyl (C=O) groups is 1. The van der Waals surface area contributed by atoms with Crippen LogP contribution in [0.1, 0.15) is 82.8 Å². The number of rotatable bonds is 15. The van der Waals surface area contributed by atoms with Gasteiger partial charge in [-0.15, -0.1) is 0 Å². The third kappa shape index (κ3) is 12.0. The van der Waals surface area contributed by atoms with E-state index in [1.54, 1.807) is 0 Å². The molecule has 0 fully saturated rings. The number of halogens is 1. The molecule has 1 aromatic carbocycles. The number of nitrogens with one attached hydrogen (secondary N) is 1. The molecule has 0 spiro atoms. The van der Waals surface area contributed by atoms with Gasteiger partial charge in [-0.25, -0.2) is 4.57 Å². The molecule has 0 aliphatic carbocycles. The van der Waals surface area contributed by atoms with E-state index in [1.165, 1.54) is 44.9 Å². The standard InChI is InChI=1S/C26H38N2O2.BrH/c1-23(26(30)24-17-11-9-12-18-24)27-25(29)19-13-7-5-3-2-4-6-8-14-20-28-21-15-10-16-22-28;/h9-12,15-18,21-23,26,30H,2-8,13-14,19-20H2,1H3;1H/t23-,26-;/m0./s1. The molecule has 2 N–H and O–H groups in total. The molecule has 0 saturated carbocycles. The Bertz CT molecular complexity index is 697. The Morgan fingerprint density at radius 3 is 1.97 bits per heavy atom. The summed E-state index contributed by atoms with van der Waals surface area (Å²) in [6, 6.07) is 15.4. The van der Waals surface area contributed by atoms with E-state index >= 15 is 0 Å². The average molecular weight is 492 g/mol. The molecule has 0 unspecified atom stereocenters. The Labute approximate surface area is 198 Å². The van der Waals surface area contributed by atoms with Gasteiger partial charge in [0, 0.05) is 25.0 Å². The van der Waals surface area contributed by atoms with E-state index in [1.807, 2.05) is 37.3 Å². The molecule has 31 heavy (non-hydrogen) atoms. The van der Waals surface area contributed by atoms with Crippen molar-refractivity contribution in [3.8, 4) is 0 Å². The van der Waals surface area contributed by atoms with Gasteiger partial charge in [0.2, 0.25) is 5.91 Å². The van der Waals surface area contributed by atoms with Crippen LogP contribution in [0.3, 0.4) is 0 Å². The molecule has 0 aliphatic heterocycles. The molecule has 1 aromatic heterocycles. The monoisotopic (exact) mass is 490 g/mol. The van der Waals surface area contributed by atoms with Crippen LogP contribution in [0.25, 0.3) is 0 Å². The minimum atomic E-state index is -0.665.